The van der Waals surface area contributed by atoms with Gasteiger partial charge in [0.25, 0.3) is 11.8 Å². The van der Waals surface area contributed by atoms with Crippen LogP contribution in [0.3, 0.4) is 0 Å². The number of carbonyl (C=O) groups excluding carboxylic acids is 2. The number of thiophene rings is 1. The van der Waals surface area contributed by atoms with Crippen LogP contribution in [0.15, 0.2) is 30.5 Å². The number of carbonyl (C=O) groups is 2. The van der Waals surface area contributed by atoms with Crippen LogP contribution in [0.25, 0.3) is 0 Å². The maximum absolute atomic E-state index is 13.2. The summed E-state index contributed by atoms with van der Waals surface area (Å²) in [6, 6.07) is 6.54. The van der Waals surface area contributed by atoms with E-state index in [1.54, 1.807) is 37.5 Å². The molecule has 0 saturated carbocycles. The van der Waals surface area contributed by atoms with Gasteiger partial charge in [-0.05, 0) is 55.5 Å². The van der Waals surface area contributed by atoms with Crippen molar-refractivity contribution in [2.24, 2.45) is 7.05 Å². The molecule has 1 aromatic carbocycles. The van der Waals surface area contributed by atoms with Crippen molar-refractivity contribution in [2.45, 2.75) is 25.7 Å². The summed E-state index contributed by atoms with van der Waals surface area (Å²) in [6.07, 6.45) is 5.37. The average Bonchev–Trinajstić information content (AvgIpc) is 3.27. The lowest BCUT2D eigenvalue weighted by atomic mass is 9.95. The number of hydrogen-bond donors (Lipinski definition) is 2. The number of aryl methyl sites for hydroxylation is 2. The molecule has 0 saturated heterocycles. The SMILES string of the molecule is Cn1nccc1C(=O)Nc1sc2c(c1C(=O)Nc1ccc(Cl)cc1Cl)CCCC2. The summed E-state index contributed by atoms with van der Waals surface area (Å²) < 4.78 is 1.50. The van der Waals surface area contributed by atoms with Crippen LogP contribution in [-0.4, -0.2) is 21.6 Å². The van der Waals surface area contributed by atoms with E-state index in [2.05, 4.69) is 15.7 Å². The first-order chi connectivity index (χ1) is 13.9. The van der Waals surface area contributed by atoms with Crippen molar-refractivity contribution in [1.29, 1.82) is 0 Å². The summed E-state index contributed by atoms with van der Waals surface area (Å²) in [6.45, 7) is 0. The third-order valence-electron chi connectivity index (χ3n) is 4.86. The van der Waals surface area contributed by atoms with Gasteiger partial charge >= 0.3 is 0 Å². The highest BCUT2D eigenvalue weighted by atomic mass is 35.5. The Bertz CT molecular complexity index is 1110. The van der Waals surface area contributed by atoms with E-state index in [-0.39, 0.29) is 11.8 Å². The molecular weight excluding hydrogens is 431 g/mol. The fraction of sp³-hybridized carbons (Fsp3) is 0.250. The number of amides is 2. The quantitative estimate of drug-likeness (QED) is 0.577. The molecule has 0 fully saturated rings. The predicted molar refractivity (Wildman–Crippen MR) is 117 cm³/mol. The van der Waals surface area contributed by atoms with Gasteiger partial charge in [-0.2, -0.15) is 5.10 Å². The van der Waals surface area contributed by atoms with Crippen molar-refractivity contribution >= 4 is 57.0 Å². The first-order valence-electron chi connectivity index (χ1n) is 9.14. The lowest BCUT2D eigenvalue weighted by Crippen LogP contribution is -2.20. The molecule has 29 heavy (non-hydrogen) atoms. The summed E-state index contributed by atoms with van der Waals surface area (Å²) in [4.78, 5) is 27.0. The normalized spacial score (nSPS) is 13.1. The van der Waals surface area contributed by atoms with Gasteiger partial charge in [-0.25, -0.2) is 0 Å². The predicted octanol–water partition coefficient (Wildman–Crippen LogP) is 5.17. The molecule has 9 heteroatoms. The van der Waals surface area contributed by atoms with Gasteiger partial charge in [0.1, 0.15) is 10.7 Å². The van der Waals surface area contributed by atoms with Crippen LogP contribution in [0.4, 0.5) is 10.7 Å². The Kier molecular flexibility index (Phi) is 5.63. The molecule has 4 rings (SSSR count). The molecule has 1 aliphatic rings. The van der Waals surface area contributed by atoms with Crippen LogP contribution in [-0.2, 0) is 19.9 Å². The highest BCUT2D eigenvalue weighted by molar-refractivity contribution is 7.17. The van der Waals surface area contributed by atoms with Gasteiger partial charge in [-0.3, -0.25) is 14.3 Å². The minimum atomic E-state index is -0.304. The molecule has 3 aromatic rings. The molecule has 150 valence electrons. The fourth-order valence-electron chi connectivity index (χ4n) is 3.43. The van der Waals surface area contributed by atoms with Crippen molar-refractivity contribution < 1.29 is 9.59 Å². The number of anilines is 2. The summed E-state index contributed by atoms with van der Waals surface area (Å²) in [5, 5.41) is 11.2. The molecule has 0 aliphatic heterocycles. The first-order valence-corrected chi connectivity index (χ1v) is 10.7. The van der Waals surface area contributed by atoms with Crippen molar-refractivity contribution in [3.8, 4) is 0 Å². The molecule has 0 spiro atoms. The number of fused-ring (bicyclic) bond motifs is 1. The molecule has 2 amide bonds. The largest absolute Gasteiger partial charge is 0.321 e. The van der Waals surface area contributed by atoms with E-state index < -0.39 is 0 Å². The topological polar surface area (TPSA) is 76.0 Å². The Balaban J connectivity index is 1.67. The lowest BCUT2D eigenvalue weighted by molar-refractivity contribution is 0.101. The Hall–Kier alpha value is -2.35. The van der Waals surface area contributed by atoms with Crippen LogP contribution in [0, 0.1) is 0 Å². The number of hydrogen-bond acceptors (Lipinski definition) is 4. The van der Waals surface area contributed by atoms with Crippen molar-refractivity contribution in [1.82, 2.24) is 9.78 Å². The number of halogens is 2. The van der Waals surface area contributed by atoms with E-state index in [9.17, 15) is 9.59 Å². The number of nitrogens with one attached hydrogen (secondary N) is 2. The van der Waals surface area contributed by atoms with Crippen LogP contribution >= 0.6 is 34.5 Å². The Morgan fingerprint density at radius 2 is 1.90 bits per heavy atom. The van der Waals surface area contributed by atoms with Crippen LogP contribution in [0.5, 0.6) is 0 Å². The minimum Gasteiger partial charge on any atom is -0.321 e. The average molecular weight is 449 g/mol. The summed E-state index contributed by atoms with van der Waals surface area (Å²) >= 11 is 13.6. The monoisotopic (exact) mass is 448 g/mol. The van der Waals surface area contributed by atoms with Gasteiger partial charge in [-0.1, -0.05) is 23.2 Å². The van der Waals surface area contributed by atoms with E-state index in [0.29, 0.717) is 32.0 Å². The van der Waals surface area contributed by atoms with E-state index in [1.807, 2.05) is 0 Å². The molecule has 0 atom stereocenters. The zero-order chi connectivity index (χ0) is 20.5. The van der Waals surface area contributed by atoms with Gasteiger partial charge in [-0.15, -0.1) is 11.3 Å². The van der Waals surface area contributed by atoms with E-state index in [0.717, 1.165) is 36.1 Å². The van der Waals surface area contributed by atoms with Gasteiger partial charge in [0.2, 0.25) is 0 Å². The van der Waals surface area contributed by atoms with Crippen molar-refractivity contribution in [3.63, 3.8) is 0 Å². The fourth-order valence-corrected chi connectivity index (χ4v) is 5.17. The van der Waals surface area contributed by atoms with E-state index >= 15 is 0 Å². The molecule has 6 nitrogen and oxygen atoms in total. The molecule has 0 bridgehead atoms. The zero-order valence-corrected chi connectivity index (χ0v) is 17.9. The van der Waals surface area contributed by atoms with Gasteiger partial charge in [0.05, 0.1) is 16.3 Å². The standard InChI is InChI=1S/C20H18Cl2N4O2S/c1-26-15(8-9-23-26)18(27)25-20-17(12-4-2-3-5-16(12)29-20)19(28)24-14-7-6-11(21)10-13(14)22/h6-10H,2-5H2,1H3,(H,24,28)(H,25,27). The molecular formula is C20H18Cl2N4O2S. The van der Waals surface area contributed by atoms with Crippen LogP contribution < -0.4 is 10.6 Å². The van der Waals surface area contributed by atoms with Gasteiger partial charge in [0.15, 0.2) is 0 Å². The van der Waals surface area contributed by atoms with Crippen LogP contribution in [0.2, 0.25) is 10.0 Å². The van der Waals surface area contributed by atoms with Gasteiger partial charge in [0, 0.05) is 23.1 Å². The Labute approximate surface area is 181 Å². The third-order valence-corrected chi connectivity index (χ3v) is 6.61. The number of nitrogens with zero attached hydrogens (tertiary/aromatic N) is 2. The molecule has 0 radical (unpaired) electrons. The van der Waals surface area contributed by atoms with Crippen molar-refractivity contribution in [3.05, 3.63) is 62.2 Å². The second-order valence-corrected chi connectivity index (χ2v) is 8.74. The third kappa shape index (κ3) is 4.03. The Morgan fingerprint density at radius 1 is 1.10 bits per heavy atom. The molecule has 0 unspecified atom stereocenters. The van der Waals surface area contributed by atoms with E-state index in [1.165, 1.54) is 16.0 Å². The summed E-state index contributed by atoms with van der Waals surface area (Å²) in [5.74, 6) is -0.601. The van der Waals surface area contributed by atoms with Gasteiger partial charge < -0.3 is 10.6 Å². The maximum atomic E-state index is 13.2. The minimum absolute atomic E-state index is 0.297. The number of aromatic nitrogens is 2. The second kappa shape index (κ2) is 8.18. The molecule has 2 N–H and O–H groups in total. The first kappa shape index (κ1) is 19.9. The number of benzene rings is 1. The molecule has 2 heterocycles. The maximum Gasteiger partial charge on any atom is 0.274 e. The van der Waals surface area contributed by atoms with E-state index in [4.69, 9.17) is 23.2 Å². The number of rotatable bonds is 4. The van der Waals surface area contributed by atoms with Crippen molar-refractivity contribution in [2.75, 3.05) is 10.6 Å². The Morgan fingerprint density at radius 3 is 2.62 bits per heavy atom. The van der Waals surface area contributed by atoms with Crippen LogP contribution in [0.1, 0.15) is 44.1 Å². The lowest BCUT2D eigenvalue weighted by Gasteiger charge is -2.14. The second-order valence-electron chi connectivity index (χ2n) is 6.79. The zero-order valence-electron chi connectivity index (χ0n) is 15.6. The smallest absolute Gasteiger partial charge is 0.274 e. The summed E-state index contributed by atoms with van der Waals surface area (Å²) in [7, 11) is 1.70. The molecule has 1 aliphatic carbocycles. The molecule has 2 aromatic heterocycles. The highest BCUT2D eigenvalue weighted by Crippen LogP contribution is 2.39. The summed E-state index contributed by atoms with van der Waals surface area (Å²) in [5.41, 5.74) is 2.40. The highest BCUT2D eigenvalue weighted by Gasteiger charge is 2.27.